The van der Waals surface area contributed by atoms with Crippen molar-refractivity contribution in [1.82, 2.24) is 4.90 Å². The second-order valence-corrected chi connectivity index (χ2v) is 5.20. The molecule has 4 heteroatoms. The van der Waals surface area contributed by atoms with Gasteiger partial charge in [0, 0.05) is 39.3 Å². The summed E-state index contributed by atoms with van der Waals surface area (Å²) >= 11 is 0. The molecule has 0 aliphatic carbocycles. The molecule has 1 rings (SSSR count). The van der Waals surface area contributed by atoms with E-state index in [0.717, 1.165) is 6.42 Å². The number of nitrogens with zero attached hydrogens (tertiary/aromatic N) is 1. The van der Waals surface area contributed by atoms with E-state index in [4.69, 9.17) is 15.2 Å². The van der Waals surface area contributed by atoms with Crippen LogP contribution < -0.4 is 5.73 Å². The van der Waals surface area contributed by atoms with E-state index < -0.39 is 0 Å². The normalized spacial score (nSPS) is 23.5. The van der Waals surface area contributed by atoms with Gasteiger partial charge in [0.1, 0.15) is 0 Å². The first kappa shape index (κ1) is 15.9. The van der Waals surface area contributed by atoms with Crippen LogP contribution in [0.25, 0.3) is 0 Å². The van der Waals surface area contributed by atoms with Crippen molar-refractivity contribution in [2.75, 3.05) is 27.3 Å². The molecule has 1 saturated heterocycles. The standard InChI is InChI=1S/C14H30N2O2/c1-4-7-12-8-5-6-9-16(12)13(11-15)10-14(17-2)18-3/h12-14H,4-11,15H2,1-3H3. The van der Waals surface area contributed by atoms with Crippen LogP contribution in [0.2, 0.25) is 0 Å². The van der Waals surface area contributed by atoms with Gasteiger partial charge in [0.2, 0.25) is 0 Å². The minimum Gasteiger partial charge on any atom is -0.356 e. The molecular formula is C14H30N2O2. The number of hydrogen-bond donors (Lipinski definition) is 1. The van der Waals surface area contributed by atoms with Crippen molar-refractivity contribution < 1.29 is 9.47 Å². The van der Waals surface area contributed by atoms with Crippen molar-refractivity contribution in [1.29, 1.82) is 0 Å². The maximum Gasteiger partial charge on any atom is 0.158 e. The molecule has 1 aliphatic rings. The van der Waals surface area contributed by atoms with Gasteiger partial charge in [-0.05, 0) is 25.8 Å². The van der Waals surface area contributed by atoms with E-state index >= 15 is 0 Å². The summed E-state index contributed by atoms with van der Waals surface area (Å²) < 4.78 is 10.6. The Morgan fingerprint density at radius 1 is 1.28 bits per heavy atom. The van der Waals surface area contributed by atoms with Crippen LogP contribution in [0.1, 0.15) is 45.4 Å². The first-order chi connectivity index (χ1) is 8.76. The van der Waals surface area contributed by atoms with Crippen LogP contribution in [0.3, 0.4) is 0 Å². The number of ether oxygens (including phenoxy) is 2. The van der Waals surface area contributed by atoms with Crippen molar-refractivity contribution in [3.05, 3.63) is 0 Å². The Labute approximate surface area is 112 Å². The number of hydrogen-bond acceptors (Lipinski definition) is 4. The van der Waals surface area contributed by atoms with Gasteiger partial charge in [-0.25, -0.2) is 0 Å². The van der Waals surface area contributed by atoms with Crippen molar-refractivity contribution in [2.45, 2.75) is 63.8 Å². The number of piperidine rings is 1. The maximum absolute atomic E-state index is 5.97. The Morgan fingerprint density at radius 3 is 2.56 bits per heavy atom. The number of likely N-dealkylation sites (tertiary alicyclic amines) is 1. The van der Waals surface area contributed by atoms with Gasteiger partial charge in [-0.3, -0.25) is 4.90 Å². The Morgan fingerprint density at radius 2 is 2.00 bits per heavy atom. The van der Waals surface area contributed by atoms with Crippen LogP contribution in [0.4, 0.5) is 0 Å². The van der Waals surface area contributed by atoms with Gasteiger partial charge in [-0.1, -0.05) is 19.8 Å². The highest BCUT2D eigenvalue weighted by Crippen LogP contribution is 2.24. The predicted molar refractivity (Wildman–Crippen MR) is 74.5 cm³/mol. The van der Waals surface area contributed by atoms with E-state index in [1.54, 1.807) is 14.2 Å². The Balaban J connectivity index is 2.59. The first-order valence-corrected chi connectivity index (χ1v) is 7.28. The van der Waals surface area contributed by atoms with E-state index in [2.05, 4.69) is 11.8 Å². The molecule has 18 heavy (non-hydrogen) atoms. The minimum absolute atomic E-state index is 0.136. The summed E-state index contributed by atoms with van der Waals surface area (Å²) in [4.78, 5) is 2.60. The molecule has 1 aliphatic heterocycles. The zero-order valence-electron chi connectivity index (χ0n) is 12.2. The SMILES string of the molecule is CCCC1CCCCN1C(CN)CC(OC)OC. The lowest BCUT2D eigenvalue weighted by Crippen LogP contribution is -2.50. The molecule has 0 aromatic heterocycles. The molecule has 0 radical (unpaired) electrons. The fourth-order valence-corrected chi connectivity index (χ4v) is 3.02. The summed E-state index contributed by atoms with van der Waals surface area (Å²) in [5.74, 6) is 0. The van der Waals surface area contributed by atoms with Crippen molar-refractivity contribution in [2.24, 2.45) is 5.73 Å². The summed E-state index contributed by atoms with van der Waals surface area (Å²) in [6, 6.07) is 1.08. The smallest absolute Gasteiger partial charge is 0.158 e. The van der Waals surface area contributed by atoms with Crippen LogP contribution in [0, 0.1) is 0 Å². The van der Waals surface area contributed by atoms with Gasteiger partial charge in [0.15, 0.2) is 6.29 Å². The van der Waals surface area contributed by atoms with E-state index in [0.29, 0.717) is 18.6 Å². The fourth-order valence-electron chi connectivity index (χ4n) is 3.02. The van der Waals surface area contributed by atoms with Gasteiger partial charge in [-0.15, -0.1) is 0 Å². The summed E-state index contributed by atoms with van der Waals surface area (Å²) in [6.07, 6.45) is 7.22. The quantitative estimate of drug-likeness (QED) is 0.676. The molecule has 0 bridgehead atoms. The molecule has 2 unspecified atom stereocenters. The molecule has 108 valence electrons. The van der Waals surface area contributed by atoms with Crippen LogP contribution >= 0.6 is 0 Å². The average Bonchev–Trinajstić information content (AvgIpc) is 2.42. The lowest BCUT2D eigenvalue weighted by atomic mass is 9.95. The maximum atomic E-state index is 5.97. The Kier molecular flexibility index (Phi) is 7.82. The van der Waals surface area contributed by atoms with Gasteiger partial charge < -0.3 is 15.2 Å². The molecule has 1 fully saturated rings. The minimum atomic E-state index is -0.136. The second kappa shape index (κ2) is 8.86. The van der Waals surface area contributed by atoms with Gasteiger partial charge >= 0.3 is 0 Å². The largest absolute Gasteiger partial charge is 0.356 e. The van der Waals surface area contributed by atoms with E-state index in [-0.39, 0.29) is 6.29 Å². The molecule has 0 aromatic carbocycles. The Hall–Kier alpha value is -0.160. The van der Waals surface area contributed by atoms with Crippen molar-refractivity contribution in [3.8, 4) is 0 Å². The fraction of sp³-hybridized carbons (Fsp3) is 1.00. The molecule has 4 nitrogen and oxygen atoms in total. The van der Waals surface area contributed by atoms with Crippen molar-refractivity contribution >= 4 is 0 Å². The van der Waals surface area contributed by atoms with Gasteiger partial charge in [-0.2, -0.15) is 0 Å². The van der Waals surface area contributed by atoms with Crippen molar-refractivity contribution in [3.63, 3.8) is 0 Å². The Bertz CT molecular complexity index is 208. The molecular weight excluding hydrogens is 228 g/mol. The second-order valence-electron chi connectivity index (χ2n) is 5.20. The third-order valence-corrected chi connectivity index (χ3v) is 4.03. The number of rotatable bonds is 8. The van der Waals surface area contributed by atoms with Crippen LogP contribution in [-0.4, -0.2) is 50.6 Å². The molecule has 0 aromatic rings. The molecule has 2 atom stereocenters. The third kappa shape index (κ3) is 4.50. The van der Waals surface area contributed by atoms with Gasteiger partial charge in [0.05, 0.1) is 0 Å². The topological polar surface area (TPSA) is 47.7 Å². The zero-order valence-corrected chi connectivity index (χ0v) is 12.2. The molecule has 0 spiro atoms. The molecule has 2 N–H and O–H groups in total. The summed E-state index contributed by atoms with van der Waals surface area (Å²) in [7, 11) is 3.39. The molecule has 0 saturated carbocycles. The summed E-state index contributed by atoms with van der Waals surface area (Å²) in [5.41, 5.74) is 5.97. The monoisotopic (exact) mass is 258 g/mol. The molecule has 1 heterocycles. The lowest BCUT2D eigenvalue weighted by Gasteiger charge is -2.41. The lowest BCUT2D eigenvalue weighted by molar-refractivity contribution is -0.119. The predicted octanol–water partition coefficient (Wildman–Crippen LogP) is 1.98. The van der Waals surface area contributed by atoms with Gasteiger partial charge in [0.25, 0.3) is 0 Å². The number of nitrogens with two attached hydrogens (primary N) is 1. The van der Waals surface area contributed by atoms with E-state index in [1.807, 2.05) is 0 Å². The highest BCUT2D eigenvalue weighted by atomic mass is 16.7. The summed E-state index contributed by atoms with van der Waals surface area (Å²) in [6.45, 7) is 4.12. The first-order valence-electron chi connectivity index (χ1n) is 7.28. The zero-order chi connectivity index (χ0) is 13.4. The highest BCUT2D eigenvalue weighted by Gasteiger charge is 2.29. The van der Waals surface area contributed by atoms with E-state index in [1.165, 1.54) is 38.6 Å². The highest BCUT2D eigenvalue weighted by molar-refractivity contribution is 4.84. The average molecular weight is 258 g/mol. The third-order valence-electron chi connectivity index (χ3n) is 4.03. The van der Waals surface area contributed by atoms with Crippen LogP contribution in [0.15, 0.2) is 0 Å². The number of methoxy groups -OCH3 is 2. The van der Waals surface area contributed by atoms with Crippen LogP contribution in [-0.2, 0) is 9.47 Å². The van der Waals surface area contributed by atoms with Crippen LogP contribution in [0.5, 0.6) is 0 Å². The van der Waals surface area contributed by atoms with E-state index in [9.17, 15) is 0 Å². The summed E-state index contributed by atoms with van der Waals surface area (Å²) in [5, 5.41) is 0. The molecule has 0 amide bonds.